The molecule has 0 aliphatic carbocycles. The molecule has 0 radical (unpaired) electrons. The van der Waals surface area contributed by atoms with Gasteiger partial charge in [0.05, 0.1) is 22.4 Å². The third-order valence-electron chi connectivity index (χ3n) is 11.4. The summed E-state index contributed by atoms with van der Waals surface area (Å²) in [5.74, 6) is 0. The van der Waals surface area contributed by atoms with Crippen molar-refractivity contribution in [2.45, 2.75) is 130 Å². The van der Waals surface area contributed by atoms with Crippen molar-refractivity contribution in [3.05, 3.63) is 48.5 Å². The summed E-state index contributed by atoms with van der Waals surface area (Å²) in [6, 6.07) is 18.4. The number of aryl methyl sites for hydroxylation is 2. The molecule has 2 fully saturated rings. The number of rotatable bonds is 8. The van der Waals surface area contributed by atoms with Crippen LogP contribution in [-0.4, -0.2) is 45.8 Å². The SMILES string of the molecule is CCCCn1c2cc(B3OC(C)(C)C(C)(C)O3)ccc2c2cc3c(cc21)c1ccc(B2OC(C)(C)C(C)(C)O2)cc1n3CCCC. The quantitative estimate of drug-likeness (QED) is 0.165. The van der Waals surface area contributed by atoms with Gasteiger partial charge in [-0.05, 0) is 103 Å². The van der Waals surface area contributed by atoms with Crippen molar-refractivity contribution in [2.75, 3.05) is 0 Å². The van der Waals surface area contributed by atoms with Gasteiger partial charge < -0.3 is 27.8 Å². The van der Waals surface area contributed by atoms with Gasteiger partial charge in [0.1, 0.15) is 0 Å². The van der Waals surface area contributed by atoms with Crippen LogP contribution in [0.1, 0.15) is 94.9 Å². The lowest BCUT2D eigenvalue weighted by Gasteiger charge is -2.32. The van der Waals surface area contributed by atoms with E-state index in [9.17, 15) is 0 Å². The minimum absolute atomic E-state index is 0.375. The molecule has 0 unspecified atom stereocenters. The Morgan fingerprint density at radius 3 is 1.13 bits per heavy atom. The van der Waals surface area contributed by atoms with Crippen LogP contribution in [0.25, 0.3) is 43.6 Å². The highest BCUT2D eigenvalue weighted by atomic mass is 16.7. The van der Waals surface area contributed by atoms with E-state index in [1.54, 1.807) is 0 Å². The Morgan fingerprint density at radius 2 is 0.804 bits per heavy atom. The summed E-state index contributed by atoms with van der Waals surface area (Å²) in [4.78, 5) is 0. The van der Waals surface area contributed by atoms with Gasteiger partial charge in [0, 0.05) is 56.7 Å². The molecular weight excluding hydrogens is 570 g/mol. The Bertz CT molecular complexity index is 1790. The van der Waals surface area contributed by atoms with Crippen LogP contribution in [0.4, 0.5) is 0 Å². The fourth-order valence-electron chi connectivity index (χ4n) is 7.08. The van der Waals surface area contributed by atoms with E-state index in [0.717, 1.165) is 49.7 Å². The first-order chi connectivity index (χ1) is 21.7. The van der Waals surface area contributed by atoms with E-state index in [-0.39, 0.29) is 36.6 Å². The predicted molar refractivity (Wildman–Crippen MR) is 194 cm³/mol. The van der Waals surface area contributed by atoms with Crippen molar-refractivity contribution >= 4 is 68.8 Å². The molecule has 46 heavy (non-hydrogen) atoms. The molecule has 2 saturated heterocycles. The van der Waals surface area contributed by atoms with Crippen LogP contribution in [-0.2, 0) is 31.7 Å². The third kappa shape index (κ3) is 4.86. The van der Waals surface area contributed by atoms with Crippen LogP contribution < -0.4 is 10.9 Å². The zero-order valence-corrected chi connectivity index (χ0v) is 29.5. The zero-order valence-electron chi connectivity index (χ0n) is 29.5. The van der Waals surface area contributed by atoms with E-state index in [1.807, 2.05) is 0 Å². The maximum Gasteiger partial charge on any atom is 0.494 e. The number of hydrogen-bond acceptors (Lipinski definition) is 4. The van der Waals surface area contributed by atoms with Crippen LogP contribution in [0.3, 0.4) is 0 Å². The molecule has 8 heteroatoms. The largest absolute Gasteiger partial charge is 0.494 e. The Balaban J connectivity index is 1.41. The number of benzene rings is 3. The van der Waals surface area contributed by atoms with E-state index in [4.69, 9.17) is 18.6 Å². The van der Waals surface area contributed by atoms with Gasteiger partial charge in [0.2, 0.25) is 0 Å². The Morgan fingerprint density at radius 1 is 0.478 bits per heavy atom. The first kappa shape index (κ1) is 31.8. The molecule has 6 nitrogen and oxygen atoms in total. The van der Waals surface area contributed by atoms with E-state index < -0.39 is 0 Å². The lowest BCUT2D eigenvalue weighted by Crippen LogP contribution is -2.41. The van der Waals surface area contributed by atoms with Gasteiger partial charge in [-0.2, -0.15) is 0 Å². The second-order valence-corrected chi connectivity index (χ2v) is 15.6. The fraction of sp³-hybridized carbons (Fsp3) is 0.526. The molecule has 0 spiro atoms. The van der Waals surface area contributed by atoms with E-state index in [0.29, 0.717) is 0 Å². The monoisotopic (exact) mass is 620 g/mol. The maximum atomic E-state index is 6.46. The highest BCUT2D eigenvalue weighted by Gasteiger charge is 2.52. The van der Waals surface area contributed by atoms with Crippen LogP contribution in [0, 0.1) is 0 Å². The highest BCUT2D eigenvalue weighted by molar-refractivity contribution is 6.63. The average molecular weight is 620 g/mol. The summed E-state index contributed by atoms with van der Waals surface area (Å²) in [6.45, 7) is 23.4. The molecule has 242 valence electrons. The topological polar surface area (TPSA) is 46.8 Å². The summed E-state index contributed by atoms with van der Waals surface area (Å²) in [5, 5.41) is 5.15. The average Bonchev–Trinajstić information content (AvgIpc) is 3.61. The standard InChI is InChI=1S/C38H50B2N2O4/c1-11-13-19-41-31-21-25(39-43-35(3,4)36(5,6)44-39)15-17-27(31)29-24-34-30(23-33(29)41)28-18-16-26(22-32(28)42(34)20-14-12-2)40-45-37(7,8)38(9,10)46-40/h15-18,21-24H,11-14,19-20H2,1-10H3. The lowest BCUT2D eigenvalue weighted by atomic mass is 9.78. The van der Waals surface area contributed by atoms with Gasteiger partial charge in [-0.3, -0.25) is 0 Å². The third-order valence-corrected chi connectivity index (χ3v) is 11.4. The summed E-state index contributed by atoms with van der Waals surface area (Å²) in [5.41, 5.74) is 5.71. The summed E-state index contributed by atoms with van der Waals surface area (Å²) >= 11 is 0. The number of hydrogen-bond donors (Lipinski definition) is 0. The molecule has 7 rings (SSSR count). The van der Waals surface area contributed by atoms with Gasteiger partial charge in [-0.25, -0.2) is 0 Å². The van der Waals surface area contributed by atoms with Crippen molar-refractivity contribution in [1.82, 2.24) is 9.13 Å². The van der Waals surface area contributed by atoms with Gasteiger partial charge >= 0.3 is 14.2 Å². The second-order valence-electron chi connectivity index (χ2n) is 15.6. The Kier molecular flexibility index (Phi) is 7.52. The zero-order chi connectivity index (χ0) is 32.8. The van der Waals surface area contributed by atoms with Gasteiger partial charge in [-0.15, -0.1) is 0 Å². The van der Waals surface area contributed by atoms with Crippen molar-refractivity contribution in [1.29, 1.82) is 0 Å². The molecule has 2 aliphatic rings. The number of fused-ring (bicyclic) bond motifs is 6. The smallest absolute Gasteiger partial charge is 0.399 e. The highest BCUT2D eigenvalue weighted by Crippen LogP contribution is 2.40. The molecule has 2 aromatic heterocycles. The molecule has 2 aliphatic heterocycles. The molecule has 0 atom stereocenters. The number of aromatic nitrogens is 2. The number of nitrogens with zero attached hydrogens (tertiary/aromatic N) is 2. The van der Waals surface area contributed by atoms with Crippen molar-refractivity contribution in [3.8, 4) is 0 Å². The number of unbranched alkanes of at least 4 members (excludes halogenated alkanes) is 2. The maximum absolute atomic E-state index is 6.46. The van der Waals surface area contributed by atoms with Crippen LogP contribution in [0.5, 0.6) is 0 Å². The van der Waals surface area contributed by atoms with Crippen LogP contribution in [0.15, 0.2) is 48.5 Å². The van der Waals surface area contributed by atoms with Gasteiger partial charge in [-0.1, -0.05) is 51.0 Å². The molecule has 0 saturated carbocycles. The van der Waals surface area contributed by atoms with E-state index >= 15 is 0 Å². The van der Waals surface area contributed by atoms with Crippen LogP contribution in [0.2, 0.25) is 0 Å². The predicted octanol–water partition coefficient (Wildman–Crippen LogP) is 8.10. The van der Waals surface area contributed by atoms with Gasteiger partial charge in [0.15, 0.2) is 0 Å². The minimum atomic E-state index is -0.383. The molecule has 4 heterocycles. The molecule has 0 bridgehead atoms. The fourth-order valence-corrected chi connectivity index (χ4v) is 7.08. The van der Waals surface area contributed by atoms with E-state index in [2.05, 4.69) is 127 Å². The normalized spacial score (nSPS) is 20.3. The summed E-state index contributed by atoms with van der Waals surface area (Å²) in [6.07, 6.45) is 4.51. The molecule has 0 amide bonds. The van der Waals surface area contributed by atoms with Crippen molar-refractivity contribution in [2.24, 2.45) is 0 Å². The van der Waals surface area contributed by atoms with Crippen LogP contribution >= 0.6 is 0 Å². The molecule has 5 aromatic rings. The van der Waals surface area contributed by atoms with Crippen molar-refractivity contribution in [3.63, 3.8) is 0 Å². The molecule has 3 aromatic carbocycles. The van der Waals surface area contributed by atoms with Gasteiger partial charge in [0.25, 0.3) is 0 Å². The second kappa shape index (κ2) is 10.9. The minimum Gasteiger partial charge on any atom is -0.399 e. The Labute approximate surface area is 275 Å². The molecule has 0 N–H and O–H groups in total. The van der Waals surface area contributed by atoms with Crippen molar-refractivity contribution < 1.29 is 18.6 Å². The molecular formula is C38H50B2N2O4. The summed E-state index contributed by atoms with van der Waals surface area (Å²) < 4.78 is 30.9. The first-order valence-corrected chi connectivity index (χ1v) is 17.4. The summed E-state index contributed by atoms with van der Waals surface area (Å²) in [7, 11) is -0.766. The first-order valence-electron chi connectivity index (χ1n) is 17.4. The lowest BCUT2D eigenvalue weighted by molar-refractivity contribution is 0.00578. The Hall–Kier alpha value is -2.77. The van der Waals surface area contributed by atoms with E-state index in [1.165, 1.54) is 43.6 Å².